The number of rotatable bonds is 7. The quantitative estimate of drug-likeness (QED) is 0.687. The molecule has 0 aliphatic rings. The highest BCUT2D eigenvalue weighted by molar-refractivity contribution is 5.87. The monoisotopic (exact) mass is 345 g/mol. The van der Waals surface area contributed by atoms with E-state index in [9.17, 15) is 9.59 Å². The molecule has 8 heteroatoms. The maximum Gasteiger partial charge on any atom is 0.243 e. The number of hydrogen-bond acceptors (Lipinski definition) is 5. The first kappa shape index (κ1) is 18.4. The third-order valence-corrected chi connectivity index (χ3v) is 3.74. The number of aromatic nitrogens is 3. The number of carbonyl (C=O) groups excluding carboxylic acids is 2. The predicted octanol–water partition coefficient (Wildman–Crippen LogP) is 0.794. The molecule has 0 aromatic carbocycles. The molecule has 0 aliphatic carbocycles. The van der Waals surface area contributed by atoms with Gasteiger partial charge in [0.1, 0.15) is 6.04 Å². The van der Waals surface area contributed by atoms with Crippen molar-refractivity contribution in [1.29, 1.82) is 0 Å². The van der Waals surface area contributed by atoms with Crippen LogP contribution in [0.5, 0.6) is 5.88 Å². The second-order valence-electron chi connectivity index (χ2n) is 5.82. The Morgan fingerprint density at radius 3 is 2.72 bits per heavy atom. The van der Waals surface area contributed by atoms with Crippen LogP contribution in [0.1, 0.15) is 29.4 Å². The molecule has 0 radical (unpaired) electrons. The summed E-state index contributed by atoms with van der Waals surface area (Å²) >= 11 is 0. The lowest BCUT2D eigenvalue weighted by atomic mass is 10.1. The van der Waals surface area contributed by atoms with Gasteiger partial charge >= 0.3 is 0 Å². The van der Waals surface area contributed by atoms with Crippen molar-refractivity contribution in [3.8, 4) is 5.88 Å². The van der Waals surface area contributed by atoms with Crippen molar-refractivity contribution < 1.29 is 14.3 Å². The van der Waals surface area contributed by atoms with E-state index in [1.54, 1.807) is 13.3 Å². The molecule has 8 nitrogen and oxygen atoms in total. The number of amides is 2. The summed E-state index contributed by atoms with van der Waals surface area (Å²) in [5.41, 5.74) is 3.40. The minimum atomic E-state index is -0.692. The van der Waals surface area contributed by atoms with Crippen LogP contribution in [0.2, 0.25) is 0 Å². The van der Waals surface area contributed by atoms with E-state index >= 15 is 0 Å². The topological polar surface area (TPSA) is 109 Å². The van der Waals surface area contributed by atoms with Gasteiger partial charge in [0.25, 0.3) is 0 Å². The predicted molar refractivity (Wildman–Crippen MR) is 92.0 cm³/mol. The first-order valence-corrected chi connectivity index (χ1v) is 7.94. The number of methoxy groups -OCH3 is 1. The van der Waals surface area contributed by atoms with Gasteiger partial charge in [-0.05, 0) is 25.5 Å². The van der Waals surface area contributed by atoms with Gasteiger partial charge in [0.05, 0.1) is 13.4 Å². The number of nitrogens with zero attached hydrogens (tertiary/aromatic N) is 2. The van der Waals surface area contributed by atoms with Crippen LogP contribution in [-0.4, -0.2) is 39.9 Å². The Balaban J connectivity index is 2.09. The second kappa shape index (κ2) is 8.27. The third kappa shape index (κ3) is 5.03. The summed E-state index contributed by atoms with van der Waals surface area (Å²) in [5, 5.41) is 5.50. The summed E-state index contributed by atoms with van der Waals surface area (Å²) in [5.74, 6) is -0.0697. The summed E-state index contributed by atoms with van der Waals surface area (Å²) < 4.78 is 5.30. The van der Waals surface area contributed by atoms with Crippen molar-refractivity contribution in [2.24, 2.45) is 0 Å². The highest BCUT2D eigenvalue weighted by Gasteiger charge is 2.21. The number of aryl methyl sites for hydroxylation is 2. The first-order valence-electron chi connectivity index (χ1n) is 7.94. The number of hydrogen-bond donors (Lipinski definition) is 3. The smallest absolute Gasteiger partial charge is 0.243 e. The fraction of sp³-hybridized carbons (Fsp3) is 0.412. The van der Waals surface area contributed by atoms with Crippen molar-refractivity contribution in [2.75, 3.05) is 7.11 Å². The van der Waals surface area contributed by atoms with Gasteiger partial charge < -0.3 is 20.4 Å². The fourth-order valence-corrected chi connectivity index (χ4v) is 2.58. The van der Waals surface area contributed by atoms with Gasteiger partial charge in [0.2, 0.25) is 17.7 Å². The third-order valence-electron chi connectivity index (χ3n) is 3.74. The van der Waals surface area contributed by atoms with Gasteiger partial charge in [0.15, 0.2) is 0 Å². The average molecular weight is 345 g/mol. The van der Waals surface area contributed by atoms with E-state index in [1.165, 1.54) is 13.3 Å². The Kier molecular flexibility index (Phi) is 6.10. The summed E-state index contributed by atoms with van der Waals surface area (Å²) in [4.78, 5) is 35.1. The molecule has 3 N–H and O–H groups in total. The molecular formula is C17H23N5O3. The molecule has 0 saturated carbocycles. The first-order chi connectivity index (χ1) is 11.9. The van der Waals surface area contributed by atoms with Crippen molar-refractivity contribution in [2.45, 2.75) is 39.8 Å². The molecule has 2 aromatic rings. The van der Waals surface area contributed by atoms with Gasteiger partial charge in [-0.1, -0.05) is 0 Å². The van der Waals surface area contributed by atoms with Crippen molar-refractivity contribution in [3.63, 3.8) is 0 Å². The maximum absolute atomic E-state index is 12.5. The number of ether oxygens (including phenoxy) is 1. The molecule has 0 bridgehead atoms. The normalized spacial score (nSPS) is 11.7. The van der Waals surface area contributed by atoms with E-state index in [2.05, 4.69) is 25.6 Å². The largest absolute Gasteiger partial charge is 0.481 e. The number of H-pyrrole nitrogens is 1. The second-order valence-corrected chi connectivity index (χ2v) is 5.82. The zero-order valence-corrected chi connectivity index (χ0v) is 14.8. The molecule has 0 fully saturated rings. The van der Waals surface area contributed by atoms with Crippen LogP contribution in [0.15, 0.2) is 18.6 Å². The summed E-state index contributed by atoms with van der Waals surface area (Å²) in [6.45, 7) is 5.47. The Hall–Kier alpha value is -2.90. The molecule has 2 rings (SSSR count). The minimum Gasteiger partial charge on any atom is -0.481 e. The molecule has 0 aliphatic heterocycles. The Bertz CT molecular complexity index is 743. The van der Waals surface area contributed by atoms with Gasteiger partial charge in [-0.3, -0.25) is 9.59 Å². The van der Waals surface area contributed by atoms with E-state index in [0.29, 0.717) is 12.3 Å². The molecule has 2 amide bonds. The maximum atomic E-state index is 12.5. The average Bonchev–Trinajstić information content (AvgIpc) is 3.05. The van der Waals surface area contributed by atoms with E-state index in [0.717, 1.165) is 22.5 Å². The van der Waals surface area contributed by atoms with E-state index in [-0.39, 0.29) is 18.4 Å². The number of carbonyl (C=O) groups is 2. The molecule has 0 saturated heterocycles. The van der Waals surface area contributed by atoms with Crippen LogP contribution in [0.25, 0.3) is 0 Å². The molecule has 2 heterocycles. The van der Waals surface area contributed by atoms with Crippen molar-refractivity contribution in [1.82, 2.24) is 25.6 Å². The van der Waals surface area contributed by atoms with Crippen LogP contribution in [0.3, 0.4) is 0 Å². The molecule has 0 spiro atoms. The molecule has 134 valence electrons. The number of pyridine rings is 1. The molecule has 1 atom stereocenters. The van der Waals surface area contributed by atoms with Crippen LogP contribution in [-0.2, 0) is 22.6 Å². The van der Waals surface area contributed by atoms with Crippen LogP contribution < -0.4 is 15.4 Å². The Labute approximate surface area is 146 Å². The summed E-state index contributed by atoms with van der Waals surface area (Å²) in [7, 11) is 1.55. The standard InChI is InChI=1S/C17H23N5O3/c1-10-5-11(2)21-17(25-4)14(10)8-19-16(24)15(22-12(3)23)6-13-7-18-9-20-13/h5,7,9,15H,6,8H2,1-4H3,(H,18,20)(H,19,24)(H,22,23)/t15-/m0/s1. The van der Waals surface area contributed by atoms with Crippen LogP contribution in [0, 0.1) is 13.8 Å². The molecular weight excluding hydrogens is 322 g/mol. The minimum absolute atomic E-state index is 0.264. The number of aromatic amines is 1. The molecule has 25 heavy (non-hydrogen) atoms. The highest BCUT2D eigenvalue weighted by atomic mass is 16.5. The van der Waals surface area contributed by atoms with E-state index in [1.807, 2.05) is 19.9 Å². The lowest BCUT2D eigenvalue weighted by Crippen LogP contribution is -2.47. The van der Waals surface area contributed by atoms with Gasteiger partial charge in [-0.15, -0.1) is 0 Å². The fourth-order valence-electron chi connectivity index (χ4n) is 2.58. The van der Waals surface area contributed by atoms with E-state index < -0.39 is 6.04 Å². The summed E-state index contributed by atoms with van der Waals surface area (Å²) in [6, 6.07) is 1.24. The zero-order chi connectivity index (χ0) is 18.4. The van der Waals surface area contributed by atoms with Gasteiger partial charge in [-0.2, -0.15) is 0 Å². The molecule has 2 aromatic heterocycles. The van der Waals surface area contributed by atoms with Crippen molar-refractivity contribution >= 4 is 11.8 Å². The number of nitrogens with one attached hydrogen (secondary N) is 3. The van der Waals surface area contributed by atoms with Crippen LogP contribution in [0.4, 0.5) is 0 Å². The highest BCUT2D eigenvalue weighted by Crippen LogP contribution is 2.20. The lowest BCUT2D eigenvalue weighted by Gasteiger charge is -2.18. The Morgan fingerprint density at radius 1 is 1.36 bits per heavy atom. The zero-order valence-electron chi connectivity index (χ0n) is 14.8. The van der Waals surface area contributed by atoms with Crippen molar-refractivity contribution in [3.05, 3.63) is 41.1 Å². The molecule has 0 unspecified atom stereocenters. The Morgan fingerprint density at radius 2 is 2.12 bits per heavy atom. The van der Waals surface area contributed by atoms with Gasteiger partial charge in [0, 0.05) is 43.0 Å². The number of imidazole rings is 1. The van der Waals surface area contributed by atoms with Gasteiger partial charge in [-0.25, -0.2) is 9.97 Å². The SMILES string of the molecule is COc1nc(C)cc(C)c1CNC(=O)[C@H](Cc1cnc[nH]1)NC(C)=O. The lowest BCUT2D eigenvalue weighted by molar-refractivity contribution is -0.128. The van der Waals surface area contributed by atoms with Crippen LogP contribution >= 0.6 is 0 Å². The van der Waals surface area contributed by atoms with E-state index in [4.69, 9.17) is 4.74 Å². The summed E-state index contributed by atoms with van der Waals surface area (Å²) in [6.07, 6.45) is 3.48.